The molecule has 3 aromatic rings. The molecule has 3 rings (SSSR count). The zero-order valence-electron chi connectivity index (χ0n) is 10.8. The van der Waals surface area contributed by atoms with E-state index in [2.05, 4.69) is 26.1 Å². The highest BCUT2D eigenvalue weighted by Crippen LogP contribution is 2.22. The van der Waals surface area contributed by atoms with Gasteiger partial charge in [-0.25, -0.2) is 0 Å². The predicted octanol–water partition coefficient (Wildman–Crippen LogP) is 4.73. The van der Waals surface area contributed by atoms with Crippen molar-refractivity contribution in [1.82, 2.24) is 10.2 Å². The van der Waals surface area contributed by atoms with Crippen LogP contribution in [0.15, 0.2) is 57.4 Å². The third-order valence-electron chi connectivity index (χ3n) is 2.71. The van der Waals surface area contributed by atoms with Gasteiger partial charge >= 0.3 is 0 Å². The van der Waals surface area contributed by atoms with Crippen molar-refractivity contribution >= 4 is 27.5 Å². The summed E-state index contributed by atoms with van der Waals surface area (Å²) < 4.78 is 12.1. The van der Waals surface area contributed by atoms with Crippen molar-refractivity contribution in [2.45, 2.75) is 6.61 Å². The van der Waals surface area contributed by atoms with Crippen LogP contribution in [0.1, 0.15) is 5.89 Å². The number of hydrogen-bond donors (Lipinski definition) is 0. The summed E-state index contributed by atoms with van der Waals surface area (Å²) in [7, 11) is 0. The smallest absolute Gasteiger partial charge is 0.254 e. The second kappa shape index (κ2) is 6.28. The van der Waals surface area contributed by atoms with E-state index >= 15 is 0 Å². The molecule has 21 heavy (non-hydrogen) atoms. The summed E-state index contributed by atoms with van der Waals surface area (Å²) in [5.41, 5.74) is 0.782. The summed E-state index contributed by atoms with van der Waals surface area (Å²) in [5, 5.41) is 8.58. The van der Waals surface area contributed by atoms with E-state index in [0.29, 0.717) is 16.8 Å². The average molecular weight is 366 g/mol. The molecule has 6 heteroatoms. The Morgan fingerprint density at radius 1 is 1.10 bits per heavy atom. The van der Waals surface area contributed by atoms with E-state index in [1.807, 2.05) is 36.4 Å². The maximum Gasteiger partial charge on any atom is 0.254 e. The van der Waals surface area contributed by atoms with Gasteiger partial charge in [-0.3, -0.25) is 0 Å². The van der Waals surface area contributed by atoms with Gasteiger partial charge in [0.25, 0.3) is 5.89 Å². The van der Waals surface area contributed by atoms with Crippen LogP contribution in [0.3, 0.4) is 0 Å². The Morgan fingerprint density at radius 2 is 1.90 bits per heavy atom. The molecule has 0 atom stereocenters. The first-order valence-electron chi connectivity index (χ1n) is 6.17. The lowest BCUT2D eigenvalue weighted by Crippen LogP contribution is -1.95. The van der Waals surface area contributed by atoms with Crippen LogP contribution >= 0.6 is 27.5 Å². The molecule has 0 unspecified atom stereocenters. The van der Waals surface area contributed by atoms with Crippen LogP contribution in [0.5, 0.6) is 5.75 Å². The second-order valence-corrected chi connectivity index (χ2v) is 5.61. The van der Waals surface area contributed by atoms with Crippen molar-refractivity contribution in [2.75, 3.05) is 0 Å². The van der Waals surface area contributed by atoms with Crippen LogP contribution in [0.25, 0.3) is 11.5 Å². The van der Waals surface area contributed by atoms with Gasteiger partial charge in [0.2, 0.25) is 5.89 Å². The molecular formula is C15H10BrClN2O2. The molecule has 2 aromatic carbocycles. The molecule has 0 radical (unpaired) electrons. The summed E-state index contributed by atoms with van der Waals surface area (Å²) in [5.74, 6) is 1.57. The molecule has 0 amide bonds. The zero-order valence-corrected chi connectivity index (χ0v) is 13.1. The Kier molecular flexibility index (Phi) is 4.22. The highest BCUT2D eigenvalue weighted by atomic mass is 79.9. The summed E-state index contributed by atoms with van der Waals surface area (Å²) in [6, 6.07) is 14.8. The van der Waals surface area contributed by atoms with Crippen LogP contribution in [0.2, 0.25) is 5.02 Å². The molecule has 0 saturated carbocycles. The highest BCUT2D eigenvalue weighted by Gasteiger charge is 2.09. The number of rotatable bonds is 4. The van der Waals surface area contributed by atoms with Gasteiger partial charge in [0.15, 0.2) is 6.61 Å². The molecule has 0 aliphatic heterocycles. The molecule has 0 N–H and O–H groups in total. The summed E-state index contributed by atoms with van der Waals surface area (Å²) in [6.45, 7) is 0.217. The SMILES string of the molecule is Clc1cccc(-c2nnc(COc3ccc(Br)cc3)o2)c1. The fraction of sp³-hybridized carbons (Fsp3) is 0.0667. The summed E-state index contributed by atoms with van der Waals surface area (Å²) in [4.78, 5) is 0. The molecular weight excluding hydrogens is 356 g/mol. The van der Waals surface area contributed by atoms with E-state index in [9.17, 15) is 0 Å². The molecule has 0 aliphatic carbocycles. The molecule has 4 nitrogen and oxygen atoms in total. The number of benzene rings is 2. The van der Waals surface area contributed by atoms with Gasteiger partial charge in [-0.2, -0.15) is 0 Å². The Morgan fingerprint density at radius 3 is 2.67 bits per heavy atom. The van der Waals surface area contributed by atoms with Gasteiger partial charge in [-0.1, -0.05) is 33.6 Å². The van der Waals surface area contributed by atoms with E-state index in [-0.39, 0.29) is 6.61 Å². The third-order valence-corrected chi connectivity index (χ3v) is 3.48. The van der Waals surface area contributed by atoms with E-state index in [0.717, 1.165) is 15.8 Å². The third kappa shape index (κ3) is 3.62. The molecule has 0 aliphatic rings. The molecule has 106 valence electrons. The molecule has 0 spiro atoms. The van der Waals surface area contributed by atoms with Crippen molar-refractivity contribution in [3.63, 3.8) is 0 Å². The lowest BCUT2D eigenvalue weighted by Gasteiger charge is -2.02. The number of ether oxygens (including phenoxy) is 1. The lowest BCUT2D eigenvalue weighted by atomic mass is 10.2. The van der Waals surface area contributed by atoms with Crippen LogP contribution in [-0.4, -0.2) is 10.2 Å². The number of halogens is 2. The van der Waals surface area contributed by atoms with Gasteiger partial charge in [-0.15, -0.1) is 10.2 Å². The van der Waals surface area contributed by atoms with Crippen molar-refractivity contribution < 1.29 is 9.15 Å². The molecule has 0 bridgehead atoms. The van der Waals surface area contributed by atoms with Crippen LogP contribution < -0.4 is 4.74 Å². The van der Waals surface area contributed by atoms with Gasteiger partial charge in [-0.05, 0) is 42.5 Å². The van der Waals surface area contributed by atoms with Crippen LogP contribution in [0, 0.1) is 0 Å². The maximum absolute atomic E-state index is 5.94. The molecule has 0 fully saturated rings. The molecule has 0 saturated heterocycles. The fourth-order valence-corrected chi connectivity index (χ4v) is 2.18. The van der Waals surface area contributed by atoms with Gasteiger partial charge in [0.05, 0.1) is 0 Å². The minimum absolute atomic E-state index is 0.217. The van der Waals surface area contributed by atoms with E-state index < -0.39 is 0 Å². The van der Waals surface area contributed by atoms with Crippen LogP contribution in [-0.2, 0) is 6.61 Å². The standard InChI is InChI=1S/C15H10BrClN2O2/c16-11-4-6-13(7-5-11)20-9-14-18-19-15(21-14)10-2-1-3-12(17)8-10/h1-8H,9H2. The number of hydrogen-bond acceptors (Lipinski definition) is 4. The number of aromatic nitrogens is 2. The second-order valence-electron chi connectivity index (χ2n) is 4.25. The van der Waals surface area contributed by atoms with Gasteiger partial charge in [0.1, 0.15) is 5.75 Å². The first-order chi connectivity index (χ1) is 10.2. The Bertz CT molecular complexity index is 743. The highest BCUT2D eigenvalue weighted by molar-refractivity contribution is 9.10. The Labute approximate surface area is 134 Å². The van der Waals surface area contributed by atoms with Gasteiger partial charge < -0.3 is 9.15 Å². The van der Waals surface area contributed by atoms with Crippen molar-refractivity contribution in [2.24, 2.45) is 0 Å². The van der Waals surface area contributed by atoms with E-state index in [4.69, 9.17) is 20.8 Å². The Balaban J connectivity index is 1.69. The zero-order chi connectivity index (χ0) is 14.7. The molecule has 1 aromatic heterocycles. The monoisotopic (exact) mass is 364 g/mol. The quantitative estimate of drug-likeness (QED) is 0.670. The van der Waals surface area contributed by atoms with Crippen LogP contribution in [0.4, 0.5) is 0 Å². The normalized spacial score (nSPS) is 10.6. The first-order valence-corrected chi connectivity index (χ1v) is 7.34. The predicted molar refractivity (Wildman–Crippen MR) is 83.2 cm³/mol. The van der Waals surface area contributed by atoms with Crippen molar-refractivity contribution in [3.05, 3.63) is 63.9 Å². The van der Waals surface area contributed by atoms with E-state index in [1.165, 1.54) is 0 Å². The lowest BCUT2D eigenvalue weighted by molar-refractivity contribution is 0.264. The summed E-state index contributed by atoms with van der Waals surface area (Å²) in [6.07, 6.45) is 0. The van der Waals surface area contributed by atoms with Crippen molar-refractivity contribution in [3.8, 4) is 17.2 Å². The van der Waals surface area contributed by atoms with E-state index in [1.54, 1.807) is 12.1 Å². The largest absolute Gasteiger partial charge is 0.484 e. The number of nitrogens with zero attached hydrogens (tertiary/aromatic N) is 2. The van der Waals surface area contributed by atoms with Gasteiger partial charge in [0, 0.05) is 15.1 Å². The summed E-state index contributed by atoms with van der Waals surface area (Å²) >= 11 is 9.31. The minimum Gasteiger partial charge on any atom is -0.484 e. The maximum atomic E-state index is 5.94. The topological polar surface area (TPSA) is 48.2 Å². The minimum atomic E-state index is 0.217. The fourth-order valence-electron chi connectivity index (χ4n) is 1.73. The molecule has 1 heterocycles. The van der Waals surface area contributed by atoms with Crippen molar-refractivity contribution in [1.29, 1.82) is 0 Å². The average Bonchev–Trinajstić information content (AvgIpc) is 2.96. The Hall–Kier alpha value is -1.85. The first kappa shape index (κ1) is 14.1.